The van der Waals surface area contributed by atoms with E-state index in [0.717, 1.165) is 29.5 Å². The Balaban J connectivity index is 1.40. The average molecular weight is 459 g/mol. The standard InChI is InChI=1S/C20H16F3N7OS/c21-20(22,23)13-7-4-8-14(9-13)25-17(31)11-32-19-29-28-18(30(19)24)16-10-15(26-27-16)12-5-2-1-3-6-12/h1-10H,11,24H2,(H,25,31)(H,26,27). The first-order chi connectivity index (χ1) is 15.3. The second-order valence-corrected chi connectivity index (χ2v) is 7.57. The van der Waals surface area contributed by atoms with Crippen molar-refractivity contribution >= 4 is 23.4 Å². The van der Waals surface area contributed by atoms with E-state index in [4.69, 9.17) is 5.84 Å². The molecule has 164 valence electrons. The maximum atomic E-state index is 12.8. The molecule has 0 bridgehead atoms. The molecule has 8 nitrogen and oxygen atoms in total. The van der Waals surface area contributed by atoms with Gasteiger partial charge in [0.1, 0.15) is 5.69 Å². The van der Waals surface area contributed by atoms with Gasteiger partial charge < -0.3 is 11.2 Å². The van der Waals surface area contributed by atoms with Crippen molar-refractivity contribution in [2.75, 3.05) is 16.9 Å². The third kappa shape index (κ3) is 4.75. The van der Waals surface area contributed by atoms with Crippen LogP contribution in [0.4, 0.5) is 18.9 Å². The monoisotopic (exact) mass is 459 g/mol. The van der Waals surface area contributed by atoms with Gasteiger partial charge in [-0.2, -0.15) is 18.3 Å². The van der Waals surface area contributed by atoms with Gasteiger partial charge in [-0.25, -0.2) is 4.68 Å². The number of carbonyl (C=O) groups is 1. The zero-order chi connectivity index (χ0) is 22.7. The van der Waals surface area contributed by atoms with Crippen LogP contribution < -0.4 is 11.2 Å². The van der Waals surface area contributed by atoms with Gasteiger partial charge in [-0.1, -0.05) is 48.2 Å². The molecule has 0 aliphatic heterocycles. The minimum atomic E-state index is -4.49. The van der Waals surface area contributed by atoms with Crippen LogP contribution >= 0.6 is 11.8 Å². The van der Waals surface area contributed by atoms with Crippen LogP contribution in [0, 0.1) is 0 Å². The minimum absolute atomic E-state index is 0.0474. The highest BCUT2D eigenvalue weighted by atomic mass is 32.2. The first-order valence-electron chi connectivity index (χ1n) is 9.23. The van der Waals surface area contributed by atoms with Crippen molar-refractivity contribution in [3.8, 4) is 22.8 Å². The lowest BCUT2D eigenvalue weighted by Gasteiger charge is -2.09. The number of nitrogen functional groups attached to an aromatic ring is 1. The second-order valence-electron chi connectivity index (χ2n) is 6.62. The van der Waals surface area contributed by atoms with E-state index in [0.29, 0.717) is 17.2 Å². The maximum absolute atomic E-state index is 12.8. The molecule has 4 N–H and O–H groups in total. The van der Waals surface area contributed by atoms with Crippen molar-refractivity contribution in [2.24, 2.45) is 0 Å². The third-order valence-electron chi connectivity index (χ3n) is 4.36. The van der Waals surface area contributed by atoms with Crippen LogP contribution in [0.5, 0.6) is 0 Å². The number of nitrogens with zero attached hydrogens (tertiary/aromatic N) is 4. The van der Waals surface area contributed by atoms with E-state index in [1.807, 2.05) is 30.3 Å². The lowest BCUT2D eigenvalue weighted by molar-refractivity contribution is -0.137. The second kappa shape index (κ2) is 8.75. The first-order valence-corrected chi connectivity index (χ1v) is 10.2. The fourth-order valence-electron chi connectivity index (χ4n) is 2.85. The molecule has 2 aromatic carbocycles. The Kier molecular flexibility index (Phi) is 5.86. The molecule has 0 saturated heterocycles. The highest BCUT2D eigenvalue weighted by Crippen LogP contribution is 2.31. The van der Waals surface area contributed by atoms with Crippen LogP contribution in [0.15, 0.2) is 65.8 Å². The zero-order valence-corrected chi connectivity index (χ0v) is 17.1. The summed E-state index contributed by atoms with van der Waals surface area (Å²) in [5.74, 6) is 5.75. The van der Waals surface area contributed by atoms with Gasteiger partial charge in [0.15, 0.2) is 0 Å². The van der Waals surface area contributed by atoms with E-state index >= 15 is 0 Å². The van der Waals surface area contributed by atoms with Crippen molar-refractivity contribution in [2.45, 2.75) is 11.3 Å². The summed E-state index contributed by atoms with van der Waals surface area (Å²) >= 11 is 0.999. The molecule has 0 aliphatic carbocycles. The van der Waals surface area contributed by atoms with E-state index in [1.165, 1.54) is 16.8 Å². The molecule has 12 heteroatoms. The van der Waals surface area contributed by atoms with Gasteiger partial charge in [0.25, 0.3) is 0 Å². The van der Waals surface area contributed by atoms with Gasteiger partial charge in [0.05, 0.1) is 17.0 Å². The number of aromatic amines is 1. The Hall–Kier alpha value is -3.80. The largest absolute Gasteiger partial charge is 0.416 e. The lowest BCUT2D eigenvalue weighted by atomic mass is 10.1. The van der Waals surface area contributed by atoms with E-state index < -0.39 is 17.6 Å². The predicted molar refractivity (Wildman–Crippen MR) is 114 cm³/mol. The number of aromatic nitrogens is 5. The minimum Gasteiger partial charge on any atom is -0.335 e. The maximum Gasteiger partial charge on any atom is 0.416 e. The smallest absolute Gasteiger partial charge is 0.335 e. The molecule has 2 heterocycles. The van der Waals surface area contributed by atoms with Crippen LogP contribution in [-0.2, 0) is 11.0 Å². The molecular formula is C20H16F3N7OS. The molecule has 4 aromatic rings. The number of amides is 1. The van der Waals surface area contributed by atoms with Crippen molar-refractivity contribution < 1.29 is 18.0 Å². The molecule has 0 radical (unpaired) electrons. The molecule has 1 amide bonds. The third-order valence-corrected chi connectivity index (χ3v) is 5.30. The molecule has 0 atom stereocenters. The predicted octanol–water partition coefficient (Wildman–Crippen LogP) is 3.80. The normalized spacial score (nSPS) is 11.5. The summed E-state index contributed by atoms with van der Waals surface area (Å²) in [4.78, 5) is 12.2. The number of hydrogen-bond donors (Lipinski definition) is 3. The summed E-state index contributed by atoms with van der Waals surface area (Å²) in [7, 11) is 0. The Morgan fingerprint density at radius 2 is 1.88 bits per heavy atom. The van der Waals surface area contributed by atoms with Crippen LogP contribution in [0.1, 0.15) is 5.56 Å². The summed E-state index contributed by atoms with van der Waals surface area (Å²) in [6, 6.07) is 15.7. The van der Waals surface area contributed by atoms with E-state index in [1.54, 1.807) is 6.07 Å². The zero-order valence-electron chi connectivity index (χ0n) is 16.3. The summed E-state index contributed by atoms with van der Waals surface area (Å²) in [5.41, 5.74) is 1.37. The van der Waals surface area contributed by atoms with E-state index in [-0.39, 0.29) is 16.6 Å². The number of thioether (sulfide) groups is 1. The molecule has 32 heavy (non-hydrogen) atoms. The van der Waals surface area contributed by atoms with Crippen LogP contribution in [0.2, 0.25) is 0 Å². The van der Waals surface area contributed by atoms with Crippen LogP contribution in [0.25, 0.3) is 22.8 Å². The van der Waals surface area contributed by atoms with Crippen molar-refractivity contribution in [3.05, 3.63) is 66.2 Å². The highest BCUT2D eigenvalue weighted by molar-refractivity contribution is 7.99. The molecule has 0 aliphatic rings. The van der Waals surface area contributed by atoms with Crippen molar-refractivity contribution in [3.63, 3.8) is 0 Å². The molecule has 0 fully saturated rings. The molecule has 4 rings (SSSR count). The number of halogens is 3. The number of anilines is 1. The average Bonchev–Trinajstić information content (AvgIpc) is 3.39. The Morgan fingerprint density at radius 1 is 1.09 bits per heavy atom. The van der Waals surface area contributed by atoms with Crippen LogP contribution in [-0.4, -0.2) is 36.7 Å². The summed E-state index contributed by atoms with van der Waals surface area (Å²) in [6.45, 7) is 0. The molecule has 0 unspecified atom stereocenters. The molecule has 2 aromatic heterocycles. The fraction of sp³-hybridized carbons (Fsp3) is 0.100. The Labute approximate surface area is 184 Å². The number of hydrogen-bond acceptors (Lipinski definition) is 6. The van der Waals surface area contributed by atoms with Gasteiger partial charge in [-0.15, -0.1) is 10.2 Å². The Morgan fingerprint density at radius 3 is 2.62 bits per heavy atom. The molecular weight excluding hydrogens is 443 g/mol. The van der Waals surface area contributed by atoms with E-state index in [9.17, 15) is 18.0 Å². The number of benzene rings is 2. The molecule has 0 spiro atoms. The number of carbonyl (C=O) groups excluding carboxylic acids is 1. The number of nitrogens with one attached hydrogen (secondary N) is 2. The molecule has 0 saturated carbocycles. The highest BCUT2D eigenvalue weighted by Gasteiger charge is 2.30. The lowest BCUT2D eigenvalue weighted by Crippen LogP contribution is -2.17. The van der Waals surface area contributed by atoms with Gasteiger partial charge in [-0.05, 0) is 24.3 Å². The number of nitrogens with two attached hydrogens (primary N) is 1. The van der Waals surface area contributed by atoms with Crippen molar-refractivity contribution in [1.82, 2.24) is 25.1 Å². The summed E-state index contributed by atoms with van der Waals surface area (Å²) in [5, 5.41) is 17.8. The van der Waals surface area contributed by atoms with Gasteiger partial charge >= 0.3 is 6.18 Å². The van der Waals surface area contributed by atoms with E-state index in [2.05, 4.69) is 25.7 Å². The van der Waals surface area contributed by atoms with Gasteiger partial charge in [-0.3, -0.25) is 9.89 Å². The first kappa shape index (κ1) is 21.4. The SMILES string of the molecule is Nn1c(SCC(=O)Nc2cccc(C(F)(F)F)c2)nnc1-c1cc(-c2ccccc2)n[nH]1. The number of alkyl halides is 3. The van der Waals surface area contributed by atoms with Crippen molar-refractivity contribution in [1.29, 1.82) is 0 Å². The fourth-order valence-corrected chi connectivity index (χ4v) is 3.51. The topological polar surface area (TPSA) is 115 Å². The number of H-pyrrole nitrogens is 1. The van der Waals surface area contributed by atoms with Gasteiger partial charge in [0, 0.05) is 11.3 Å². The van der Waals surface area contributed by atoms with Gasteiger partial charge in [0.2, 0.25) is 16.9 Å². The van der Waals surface area contributed by atoms with Crippen LogP contribution in [0.3, 0.4) is 0 Å². The summed E-state index contributed by atoms with van der Waals surface area (Å²) < 4.78 is 39.6. The summed E-state index contributed by atoms with van der Waals surface area (Å²) in [6.07, 6.45) is -4.49. The Bertz CT molecular complexity index is 1240. The number of rotatable bonds is 6. The quantitative estimate of drug-likeness (QED) is 0.299.